The lowest BCUT2D eigenvalue weighted by molar-refractivity contribution is 0.244. The Morgan fingerprint density at radius 2 is 2.25 bits per heavy atom. The van der Waals surface area contributed by atoms with Crippen LogP contribution in [0, 0.1) is 0 Å². The summed E-state index contributed by atoms with van der Waals surface area (Å²) in [6.07, 6.45) is 0. The maximum Gasteiger partial charge on any atom is 0.120 e. The van der Waals surface area contributed by atoms with Gasteiger partial charge < -0.3 is 10.5 Å². The number of amidine groups is 1. The van der Waals surface area contributed by atoms with Gasteiger partial charge in [0.1, 0.15) is 12.4 Å². The van der Waals surface area contributed by atoms with Gasteiger partial charge in [-0.15, -0.1) is 12.4 Å². The maximum absolute atomic E-state index is 5.21. The van der Waals surface area contributed by atoms with E-state index in [0.717, 1.165) is 0 Å². The first-order valence-corrected chi connectivity index (χ1v) is 2.01. The van der Waals surface area contributed by atoms with Crippen LogP contribution in [0.4, 0.5) is 0 Å². The second-order valence-corrected chi connectivity index (χ2v) is 1.15. The van der Waals surface area contributed by atoms with E-state index in [0.29, 0.717) is 12.4 Å². The molecule has 0 aromatic rings. The van der Waals surface area contributed by atoms with Crippen molar-refractivity contribution in [2.24, 2.45) is 10.7 Å². The molecule has 0 radical (unpaired) electrons. The van der Waals surface area contributed by atoms with Crippen LogP contribution in [0.5, 0.6) is 0 Å². The summed E-state index contributed by atoms with van der Waals surface area (Å²) in [6, 6.07) is 0. The van der Waals surface area contributed by atoms with Gasteiger partial charge in [-0.1, -0.05) is 0 Å². The van der Waals surface area contributed by atoms with Crippen LogP contribution in [-0.4, -0.2) is 26.6 Å². The van der Waals surface area contributed by atoms with Crippen molar-refractivity contribution in [2.45, 2.75) is 0 Å². The molecule has 4 heteroatoms. The molecule has 0 aliphatic carbocycles. The van der Waals surface area contributed by atoms with Crippen molar-refractivity contribution in [2.75, 3.05) is 20.8 Å². The fourth-order valence-corrected chi connectivity index (χ4v) is 0.212. The summed E-state index contributed by atoms with van der Waals surface area (Å²) in [5.74, 6) is 0.530. The number of nitrogens with zero attached hydrogens (tertiary/aromatic N) is 1. The van der Waals surface area contributed by atoms with Crippen LogP contribution >= 0.6 is 12.4 Å². The normalized spacial score (nSPS) is 10.5. The molecule has 0 bridgehead atoms. The largest absolute Gasteiger partial charge is 0.386 e. The van der Waals surface area contributed by atoms with E-state index < -0.39 is 0 Å². The number of rotatable bonds is 2. The highest BCUT2D eigenvalue weighted by Gasteiger charge is 1.82. The van der Waals surface area contributed by atoms with E-state index in [4.69, 9.17) is 5.73 Å². The monoisotopic (exact) mass is 138 g/mol. The minimum atomic E-state index is 0. The molecule has 0 unspecified atom stereocenters. The molecule has 0 heterocycles. The second-order valence-electron chi connectivity index (χ2n) is 1.15. The van der Waals surface area contributed by atoms with Gasteiger partial charge in [0.15, 0.2) is 0 Å². The Hall–Kier alpha value is -0.280. The van der Waals surface area contributed by atoms with Gasteiger partial charge in [0, 0.05) is 14.2 Å². The molecule has 0 spiro atoms. The molecule has 2 N–H and O–H groups in total. The van der Waals surface area contributed by atoms with Gasteiger partial charge in [-0.3, -0.25) is 4.99 Å². The van der Waals surface area contributed by atoms with E-state index in [1.165, 1.54) is 0 Å². The summed E-state index contributed by atoms with van der Waals surface area (Å²) in [6.45, 7) is 0.427. The van der Waals surface area contributed by atoms with Crippen molar-refractivity contribution in [3.8, 4) is 0 Å². The molecule has 0 rings (SSSR count). The molecule has 8 heavy (non-hydrogen) atoms. The molecule has 0 aliphatic heterocycles. The number of aliphatic imine (C=N–C) groups is 1. The lowest BCUT2D eigenvalue weighted by Gasteiger charge is -1.92. The van der Waals surface area contributed by atoms with Gasteiger partial charge in [-0.05, 0) is 0 Å². The third-order valence-corrected chi connectivity index (χ3v) is 0.579. The molecule has 3 nitrogen and oxygen atoms in total. The van der Waals surface area contributed by atoms with Gasteiger partial charge in [-0.2, -0.15) is 0 Å². The quantitative estimate of drug-likeness (QED) is 0.433. The summed E-state index contributed by atoms with van der Waals surface area (Å²) in [7, 11) is 3.21. The Morgan fingerprint density at radius 1 is 1.75 bits per heavy atom. The van der Waals surface area contributed by atoms with Crippen LogP contribution in [0.25, 0.3) is 0 Å². The van der Waals surface area contributed by atoms with E-state index in [1.54, 1.807) is 14.2 Å². The SMILES string of the molecule is CN=C(N)COC.Cl. The zero-order valence-electron chi connectivity index (χ0n) is 5.05. The van der Waals surface area contributed by atoms with E-state index in [9.17, 15) is 0 Å². The second kappa shape index (κ2) is 6.72. The molecule has 0 saturated heterocycles. The minimum absolute atomic E-state index is 0. The van der Waals surface area contributed by atoms with Gasteiger partial charge in [0.2, 0.25) is 0 Å². The summed E-state index contributed by atoms with van der Waals surface area (Å²) in [5.41, 5.74) is 5.21. The Kier molecular flexibility index (Phi) is 8.95. The third kappa shape index (κ3) is 5.72. The van der Waals surface area contributed by atoms with E-state index in [1.807, 2.05) is 0 Å². The van der Waals surface area contributed by atoms with Crippen LogP contribution in [-0.2, 0) is 4.74 Å². The van der Waals surface area contributed by atoms with Crippen molar-refractivity contribution in [3.63, 3.8) is 0 Å². The first kappa shape index (κ1) is 10.7. The highest BCUT2D eigenvalue weighted by atomic mass is 35.5. The van der Waals surface area contributed by atoms with Crippen LogP contribution in [0.3, 0.4) is 0 Å². The first-order chi connectivity index (χ1) is 3.31. The molecule has 0 saturated carbocycles. The maximum atomic E-state index is 5.21. The Bertz CT molecular complexity index is 74.4. The number of nitrogens with two attached hydrogens (primary N) is 1. The number of hydrogen-bond donors (Lipinski definition) is 1. The van der Waals surface area contributed by atoms with Crippen LogP contribution in [0.1, 0.15) is 0 Å². The van der Waals surface area contributed by atoms with E-state index >= 15 is 0 Å². The third-order valence-electron chi connectivity index (χ3n) is 0.579. The van der Waals surface area contributed by atoms with Crippen LogP contribution in [0.15, 0.2) is 4.99 Å². The van der Waals surface area contributed by atoms with E-state index in [-0.39, 0.29) is 12.4 Å². The lowest BCUT2D eigenvalue weighted by atomic mass is 10.6. The van der Waals surface area contributed by atoms with Crippen LogP contribution in [0.2, 0.25) is 0 Å². The molecular weight excluding hydrogens is 128 g/mol. The molecule has 0 aromatic heterocycles. The van der Waals surface area contributed by atoms with Gasteiger partial charge in [-0.25, -0.2) is 0 Å². The minimum Gasteiger partial charge on any atom is -0.386 e. The lowest BCUT2D eigenvalue weighted by Crippen LogP contribution is -2.17. The Balaban J connectivity index is 0. The van der Waals surface area contributed by atoms with E-state index in [2.05, 4.69) is 9.73 Å². The van der Waals surface area contributed by atoms with Crippen molar-refractivity contribution in [1.29, 1.82) is 0 Å². The van der Waals surface area contributed by atoms with Gasteiger partial charge in [0.25, 0.3) is 0 Å². The zero-order chi connectivity index (χ0) is 5.70. The number of ether oxygens (including phenoxy) is 1. The molecule has 0 amide bonds. The number of methoxy groups -OCH3 is 1. The Labute approximate surface area is 55.3 Å². The molecule has 0 atom stereocenters. The summed E-state index contributed by atoms with van der Waals surface area (Å²) in [4.78, 5) is 3.65. The summed E-state index contributed by atoms with van der Waals surface area (Å²) < 4.78 is 4.64. The van der Waals surface area contributed by atoms with Gasteiger partial charge >= 0.3 is 0 Å². The van der Waals surface area contributed by atoms with Crippen molar-refractivity contribution in [1.82, 2.24) is 0 Å². The summed E-state index contributed by atoms with van der Waals surface area (Å²) in [5, 5.41) is 0. The first-order valence-electron chi connectivity index (χ1n) is 2.01. The number of hydrogen-bond acceptors (Lipinski definition) is 2. The van der Waals surface area contributed by atoms with Gasteiger partial charge in [0.05, 0.1) is 0 Å². The summed E-state index contributed by atoms with van der Waals surface area (Å²) >= 11 is 0. The Morgan fingerprint density at radius 3 is 2.38 bits per heavy atom. The van der Waals surface area contributed by atoms with Crippen molar-refractivity contribution < 1.29 is 4.74 Å². The average molecular weight is 139 g/mol. The topological polar surface area (TPSA) is 47.6 Å². The molecule has 0 fully saturated rings. The zero-order valence-corrected chi connectivity index (χ0v) is 5.86. The highest BCUT2D eigenvalue weighted by molar-refractivity contribution is 5.85. The molecule has 0 aromatic carbocycles. The van der Waals surface area contributed by atoms with Crippen molar-refractivity contribution >= 4 is 18.2 Å². The molecular formula is C4H11ClN2O. The standard InChI is InChI=1S/C4H10N2O.ClH/c1-6-4(5)3-7-2;/h3H2,1-2H3,(H2,5,6);1H. The molecule has 0 aliphatic rings. The van der Waals surface area contributed by atoms with Crippen molar-refractivity contribution in [3.05, 3.63) is 0 Å². The highest BCUT2D eigenvalue weighted by Crippen LogP contribution is 1.65. The smallest absolute Gasteiger partial charge is 0.120 e. The fraction of sp³-hybridized carbons (Fsp3) is 0.750. The number of halogens is 1. The fourth-order valence-electron chi connectivity index (χ4n) is 0.212. The average Bonchev–Trinajstić information content (AvgIpc) is 1.68. The predicted octanol–water partition coefficient (Wildman–Crippen LogP) is 0.0416. The molecule has 50 valence electrons. The predicted molar refractivity (Wildman–Crippen MR) is 36.7 cm³/mol. The van der Waals surface area contributed by atoms with Crippen LogP contribution < -0.4 is 5.73 Å².